The molecule has 0 bridgehead atoms. The van der Waals surface area contributed by atoms with Crippen LogP contribution in [-0.4, -0.2) is 6.61 Å². The van der Waals surface area contributed by atoms with E-state index in [1.54, 1.807) is 0 Å². The van der Waals surface area contributed by atoms with Crippen molar-refractivity contribution < 1.29 is 4.74 Å². The summed E-state index contributed by atoms with van der Waals surface area (Å²) in [6.07, 6.45) is 1.14. The number of fused-ring (bicyclic) bond motifs is 1. The minimum atomic E-state index is 0.469. The first kappa shape index (κ1) is 13.7. The molecule has 2 heteroatoms. The number of hydrogen-bond acceptors (Lipinski definition) is 1. The highest BCUT2D eigenvalue weighted by atomic mass is 79.9. The Morgan fingerprint density at radius 1 is 1.20 bits per heavy atom. The summed E-state index contributed by atoms with van der Waals surface area (Å²) >= 11 is 3.54. The van der Waals surface area contributed by atoms with Gasteiger partial charge in [0.15, 0.2) is 0 Å². The molecule has 0 N–H and O–H groups in total. The van der Waals surface area contributed by atoms with E-state index in [0.717, 1.165) is 23.2 Å². The molecule has 0 heterocycles. The van der Waals surface area contributed by atoms with E-state index in [-0.39, 0.29) is 0 Å². The second-order valence-corrected chi connectivity index (χ2v) is 6.66. The van der Waals surface area contributed by atoms with Gasteiger partial charge in [-0.2, -0.15) is 0 Å². The van der Waals surface area contributed by atoms with Crippen molar-refractivity contribution in [2.45, 2.75) is 32.1 Å². The Bertz CT molecular complexity index is 619. The Labute approximate surface area is 129 Å². The average Bonchev–Trinajstić information content (AvgIpc) is 2.41. The maximum Gasteiger partial charge on any atom is 0.122 e. The quantitative estimate of drug-likeness (QED) is 0.739. The molecule has 0 spiro atoms. The molecule has 0 fully saturated rings. The van der Waals surface area contributed by atoms with Crippen molar-refractivity contribution in [2.75, 3.05) is 6.61 Å². The summed E-state index contributed by atoms with van der Waals surface area (Å²) in [5, 5.41) is 0. The van der Waals surface area contributed by atoms with Gasteiger partial charge in [0.25, 0.3) is 0 Å². The van der Waals surface area contributed by atoms with Crippen LogP contribution in [0.25, 0.3) is 0 Å². The summed E-state index contributed by atoms with van der Waals surface area (Å²) in [6.45, 7) is 5.18. The Hall–Kier alpha value is -1.28. The van der Waals surface area contributed by atoms with E-state index in [9.17, 15) is 0 Å². The van der Waals surface area contributed by atoms with Gasteiger partial charge in [0.05, 0.1) is 6.61 Å². The van der Waals surface area contributed by atoms with Gasteiger partial charge in [0.2, 0.25) is 0 Å². The van der Waals surface area contributed by atoms with E-state index in [0.29, 0.717) is 11.8 Å². The Morgan fingerprint density at radius 2 is 2.00 bits per heavy atom. The molecule has 0 amide bonds. The molecule has 0 radical (unpaired) electrons. The molecule has 1 nitrogen and oxygen atoms in total. The van der Waals surface area contributed by atoms with E-state index >= 15 is 0 Å². The molecule has 2 aromatic rings. The molecule has 1 aliphatic carbocycles. The molecular formula is C18H19BrO. The zero-order chi connectivity index (χ0) is 14.1. The first-order valence-electron chi connectivity index (χ1n) is 7.15. The van der Waals surface area contributed by atoms with Gasteiger partial charge in [-0.05, 0) is 47.2 Å². The average molecular weight is 331 g/mol. The van der Waals surface area contributed by atoms with Crippen molar-refractivity contribution in [3.63, 3.8) is 0 Å². The molecule has 1 aliphatic rings. The SMILES string of the molecule is CC(C)c1cc(Br)ccc1OCC1Cc2ccccc21. The van der Waals surface area contributed by atoms with Gasteiger partial charge in [-0.3, -0.25) is 0 Å². The maximum atomic E-state index is 6.09. The van der Waals surface area contributed by atoms with Crippen LogP contribution in [0.15, 0.2) is 46.9 Å². The van der Waals surface area contributed by atoms with E-state index in [1.807, 2.05) is 0 Å². The predicted molar refractivity (Wildman–Crippen MR) is 86.6 cm³/mol. The monoisotopic (exact) mass is 330 g/mol. The van der Waals surface area contributed by atoms with Gasteiger partial charge < -0.3 is 4.74 Å². The summed E-state index contributed by atoms with van der Waals surface area (Å²) < 4.78 is 7.21. The van der Waals surface area contributed by atoms with E-state index in [4.69, 9.17) is 4.74 Å². The second kappa shape index (κ2) is 5.61. The lowest BCUT2D eigenvalue weighted by atomic mass is 9.78. The molecular weight excluding hydrogens is 312 g/mol. The molecule has 2 aromatic carbocycles. The molecule has 1 unspecified atom stereocenters. The zero-order valence-electron chi connectivity index (χ0n) is 11.9. The fraction of sp³-hybridized carbons (Fsp3) is 0.333. The van der Waals surface area contributed by atoms with Crippen LogP contribution < -0.4 is 4.74 Å². The lowest BCUT2D eigenvalue weighted by Crippen LogP contribution is -2.23. The fourth-order valence-corrected chi connectivity index (χ4v) is 3.18. The van der Waals surface area contributed by atoms with E-state index in [1.165, 1.54) is 16.7 Å². The topological polar surface area (TPSA) is 9.23 Å². The third-order valence-electron chi connectivity index (χ3n) is 4.00. The largest absolute Gasteiger partial charge is 0.493 e. The van der Waals surface area contributed by atoms with E-state index in [2.05, 4.69) is 72.2 Å². The van der Waals surface area contributed by atoms with Crippen molar-refractivity contribution in [1.82, 2.24) is 0 Å². The number of benzene rings is 2. The standard InChI is InChI=1S/C18H19BrO/c1-12(2)17-10-15(19)7-8-18(17)20-11-14-9-13-5-3-4-6-16(13)14/h3-8,10,12,14H,9,11H2,1-2H3. The fourth-order valence-electron chi connectivity index (χ4n) is 2.80. The molecule has 1 atom stereocenters. The van der Waals surface area contributed by atoms with Crippen LogP contribution in [-0.2, 0) is 6.42 Å². The second-order valence-electron chi connectivity index (χ2n) is 5.75. The van der Waals surface area contributed by atoms with Crippen LogP contribution in [0.5, 0.6) is 5.75 Å². The van der Waals surface area contributed by atoms with Crippen molar-refractivity contribution in [1.29, 1.82) is 0 Å². The van der Waals surface area contributed by atoms with Gasteiger partial charge >= 0.3 is 0 Å². The van der Waals surface area contributed by atoms with E-state index < -0.39 is 0 Å². The van der Waals surface area contributed by atoms with Crippen LogP contribution >= 0.6 is 15.9 Å². The van der Waals surface area contributed by atoms with Crippen LogP contribution in [0.4, 0.5) is 0 Å². The number of hydrogen-bond donors (Lipinski definition) is 0. The van der Waals surface area contributed by atoms with Crippen LogP contribution in [0.2, 0.25) is 0 Å². The van der Waals surface area contributed by atoms with Gasteiger partial charge in [0.1, 0.15) is 5.75 Å². The third-order valence-corrected chi connectivity index (χ3v) is 4.49. The molecule has 3 rings (SSSR count). The summed E-state index contributed by atoms with van der Waals surface area (Å²) in [4.78, 5) is 0. The Morgan fingerprint density at radius 3 is 2.75 bits per heavy atom. The number of rotatable bonds is 4. The maximum absolute atomic E-state index is 6.09. The molecule has 0 saturated heterocycles. The van der Waals surface area contributed by atoms with Crippen molar-refractivity contribution in [3.8, 4) is 5.75 Å². The predicted octanol–water partition coefficient (Wildman–Crippen LogP) is 5.29. The van der Waals surface area contributed by atoms with Gasteiger partial charge in [-0.25, -0.2) is 0 Å². The van der Waals surface area contributed by atoms with Gasteiger partial charge in [0, 0.05) is 10.4 Å². The van der Waals surface area contributed by atoms with Crippen molar-refractivity contribution in [2.24, 2.45) is 0 Å². The first-order valence-corrected chi connectivity index (χ1v) is 7.94. The van der Waals surface area contributed by atoms with Crippen LogP contribution in [0, 0.1) is 0 Å². The van der Waals surface area contributed by atoms with Crippen molar-refractivity contribution in [3.05, 3.63) is 63.6 Å². The highest BCUT2D eigenvalue weighted by molar-refractivity contribution is 9.10. The zero-order valence-corrected chi connectivity index (χ0v) is 13.5. The Kier molecular flexibility index (Phi) is 3.84. The number of halogens is 1. The molecule has 104 valence electrons. The Balaban J connectivity index is 1.71. The third kappa shape index (κ3) is 2.62. The van der Waals surface area contributed by atoms with Crippen molar-refractivity contribution >= 4 is 15.9 Å². The minimum Gasteiger partial charge on any atom is -0.493 e. The first-order chi connectivity index (χ1) is 9.65. The summed E-state index contributed by atoms with van der Waals surface area (Å²) in [7, 11) is 0. The van der Waals surface area contributed by atoms with Crippen LogP contribution in [0.3, 0.4) is 0 Å². The lowest BCUT2D eigenvalue weighted by molar-refractivity contribution is 0.272. The molecule has 0 aliphatic heterocycles. The molecule has 20 heavy (non-hydrogen) atoms. The summed E-state index contributed by atoms with van der Waals surface area (Å²) in [6, 6.07) is 14.9. The van der Waals surface area contributed by atoms with Gasteiger partial charge in [-0.15, -0.1) is 0 Å². The van der Waals surface area contributed by atoms with Crippen LogP contribution in [0.1, 0.15) is 42.4 Å². The number of ether oxygens (including phenoxy) is 1. The smallest absolute Gasteiger partial charge is 0.122 e. The summed E-state index contributed by atoms with van der Waals surface area (Å²) in [5.74, 6) is 2.04. The molecule has 0 aromatic heterocycles. The van der Waals surface area contributed by atoms with Gasteiger partial charge in [-0.1, -0.05) is 54.0 Å². The normalized spacial score (nSPS) is 16.7. The highest BCUT2D eigenvalue weighted by Crippen LogP contribution is 2.36. The summed E-state index contributed by atoms with van der Waals surface area (Å²) in [5.41, 5.74) is 4.20. The molecule has 0 saturated carbocycles. The highest BCUT2D eigenvalue weighted by Gasteiger charge is 2.26. The lowest BCUT2D eigenvalue weighted by Gasteiger charge is -2.30. The minimum absolute atomic E-state index is 0.469.